The van der Waals surface area contributed by atoms with Crippen LogP contribution in [0.2, 0.25) is 0 Å². The van der Waals surface area contributed by atoms with Crippen LogP contribution in [-0.4, -0.2) is 77.8 Å². The van der Waals surface area contributed by atoms with Crippen LogP contribution in [0.25, 0.3) is 0 Å². The maximum absolute atomic E-state index is 14.1. The second-order valence-electron chi connectivity index (χ2n) is 15.7. The number of hydrogen-bond donors (Lipinski definition) is 4. The molecule has 9 atom stereocenters. The zero-order valence-corrected chi connectivity index (χ0v) is 35.7. The normalized spacial score (nSPS) is 28.1. The van der Waals surface area contributed by atoms with E-state index in [2.05, 4.69) is 22.9 Å². The molecule has 1 aromatic rings. The molecule has 2 aliphatic heterocycles. The number of esters is 2. The van der Waals surface area contributed by atoms with E-state index in [-0.39, 0.29) is 12.4 Å². The molecule has 0 saturated carbocycles. The van der Waals surface area contributed by atoms with Crippen LogP contribution in [0.1, 0.15) is 131 Å². The highest BCUT2D eigenvalue weighted by atomic mass is 31.2. The number of para-hydroxylation sites is 1. The summed E-state index contributed by atoms with van der Waals surface area (Å²) in [6.07, 6.45) is 9.03. The number of benzene rings is 1. The number of cyclic esters (lactones) is 1. The predicted octanol–water partition coefficient (Wildman–Crippen LogP) is 6.04. The average molecular weight is 824 g/mol. The van der Waals surface area contributed by atoms with E-state index in [0.29, 0.717) is 18.4 Å². The molecule has 2 aliphatic rings. The zero-order chi connectivity index (χ0) is 42.1. The number of phosphoric ester groups is 1. The van der Waals surface area contributed by atoms with Gasteiger partial charge in [0, 0.05) is 18.4 Å². The van der Waals surface area contributed by atoms with E-state index >= 15 is 0 Å². The standard InChI is InChI=1S/C41H66N3O12P/c1-8-9-10-11-12-13-14-15-16-17-18-22-33-27(4)37(46)28(5)38(47)43-35(26(2)3)39(48)44-36(40(49)42-32(41(50)54-33)25-52-30(7)45)29(6)55-57(51)53-24-31-21-19-20-23-34(31)56-57/h19-21,23,26-29,32-33,35-37,46H,8-18,22,24-25H2,1-7H3,(H,42,49)(H,43,47)(H,44,48). The summed E-state index contributed by atoms with van der Waals surface area (Å²) in [5, 5.41) is 19.3. The molecule has 0 spiro atoms. The van der Waals surface area contributed by atoms with Crippen LogP contribution in [0.5, 0.6) is 5.75 Å². The molecule has 0 aromatic heterocycles. The molecule has 1 aromatic carbocycles. The number of phosphoric acid groups is 1. The van der Waals surface area contributed by atoms with Crippen molar-refractivity contribution in [1.82, 2.24) is 16.0 Å². The van der Waals surface area contributed by atoms with Crippen LogP contribution in [0.15, 0.2) is 24.3 Å². The topological polar surface area (TPSA) is 205 Å². The fourth-order valence-electron chi connectivity index (χ4n) is 6.91. The molecule has 9 unspecified atom stereocenters. The van der Waals surface area contributed by atoms with Crippen LogP contribution >= 0.6 is 7.82 Å². The lowest BCUT2D eigenvalue weighted by Crippen LogP contribution is -2.61. The third-order valence-corrected chi connectivity index (χ3v) is 12.1. The van der Waals surface area contributed by atoms with Gasteiger partial charge in [-0.3, -0.25) is 28.2 Å². The van der Waals surface area contributed by atoms with E-state index in [1.807, 2.05) is 0 Å². The Labute approximate surface area is 338 Å². The number of rotatable bonds is 18. The Morgan fingerprint density at radius 1 is 0.860 bits per heavy atom. The van der Waals surface area contributed by atoms with Crippen LogP contribution in [0, 0.1) is 17.8 Å². The Bertz CT molecular complexity index is 1530. The molecular weight excluding hydrogens is 757 g/mol. The average Bonchev–Trinajstić information content (AvgIpc) is 3.17. The van der Waals surface area contributed by atoms with E-state index < -0.39 is 98.3 Å². The molecule has 15 nitrogen and oxygen atoms in total. The molecule has 3 rings (SSSR count). The highest BCUT2D eigenvalue weighted by Crippen LogP contribution is 2.55. The second-order valence-corrected chi connectivity index (χ2v) is 17.3. The maximum Gasteiger partial charge on any atom is 0.530 e. The molecule has 0 radical (unpaired) electrons. The maximum atomic E-state index is 14.1. The predicted molar refractivity (Wildman–Crippen MR) is 213 cm³/mol. The highest BCUT2D eigenvalue weighted by Gasteiger charge is 2.43. The van der Waals surface area contributed by atoms with E-state index in [9.17, 15) is 33.6 Å². The number of nitrogens with one attached hydrogen (secondary N) is 3. The van der Waals surface area contributed by atoms with E-state index in [1.165, 1.54) is 52.4 Å². The van der Waals surface area contributed by atoms with E-state index in [1.54, 1.807) is 45.0 Å². The monoisotopic (exact) mass is 823 g/mol. The van der Waals surface area contributed by atoms with Gasteiger partial charge in [0.1, 0.15) is 30.5 Å². The van der Waals surface area contributed by atoms with E-state index in [4.69, 9.17) is 23.0 Å². The quantitative estimate of drug-likeness (QED) is 0.0760. The van der Waals surface area contributed by atoms with Crippen molar-refractivity contribution in [3.63, 3.8) is 0 Å². The number of aliphatic hydroxyl groups excluding tert-OH is 1. The number of carbonyl (C=O) groups excluding carboxylic acids is 5. The summed E-state index contributed by atoms with van der Waals surface area (Å²) >= 11 is 0. The fraction of sp³-hybridized carbons (Fsp3) is 0.732. The molecular formula is C41H66N3O12P. The van der Waals surface area contributed by atoms with Crippen LogP contribution in [0.4, 0.5) is 0 Å². The van der Waals surface area contributed by atoms with Crippen molar-refractivity contribution in [2.45, 2.75) is 169 Å². The first-order valence-corrected chi connectivity index (χ1v) is 22.2. The Balaban J connectivity index is 1.87. The largest absolute Gasteiger partial charge is 0.530 e. The van der Waals surface area contributed by atoms with Gasteiger partial charge in [0.15, 0.2) is 6.04 Å². The number of carbonyl (C=O) groups is 5. The van der Waals surface area contributed by atoms with Gasteiger partial charge in [0.2, 0.25) is 17.7 Å². The fourth-order valence-corrected chi connectivity index (χ4v) is 8.32. The summed E-state index contributed by atoms with van der Waals surface area (Å²) in [5.41, 5.74) is 0.623. The van der Waals surface area contributed by atoms with Crippen molar-refractivity contribution in [3.05, 3.63) is 29.8 Å². The first kappa shape index (κ1) is 47.9. The van der Waals surface area contributed by atoms with Gasteiger partial charge < -0.3 is 35.1 Å². The summed E-state index contributed by atoms with van der Waals surface area (Å²) < 4.78 is 41.6. The smallest absolute Gasteiger partial charge is 0.463 e. The molecule has 322 valence electrons. The summed E-state index contributed by atoms with van der Waals surface area (Å²) in [7, 11) is -4.34. The van der Waals surface area contributed by atoms with Gasteiger partial charge >= 0.3 is 19.8 Å². The number of ether oxygens (including phenoxy) is 2. The van der Waals surface area contributed by atoms with Crippen molar-refractivity contribution in [2.24, 2.45) is 17.8 Å². The van der Waals surface area contributed by atoms with Crippen molar-refractivity contribution in [2.75, 3.05) is 6.61 Å². The van der Waals surface area contributed by atoms with Gasteiger partial charge in [0.25, 0.3) is 0 Å². The molecule has 0 aliphatic carbocycles. The summed E-state index contributed by atoms with van der Waals surface area (Å²) in [5.74, 6) is -6.05. The Morgan fingerprint density at radius 2 is 1.44 bits per heavy atom. The Hall–Kier alpha value is -3.52. The van der Waals surface area contributed by atoms with Crippen LogP contribution < -0.4 is 20.5 Å². The summed E-state index contributed by atoms with van der Waals surface area (Å²) in [6.45, 7) is 10.6. The van der Waals surface area contributed by atoms with Crippen molar-refractivity contribution < 1.29 is 56.7 Å². The molecule has 16 heteroatoms. The minimum atomic E-state index is -4.34. The second kappa shape index (κ2) is 23.8. The lowest BCUT2D eigenvalue weighted by Gasteiger charge is -2.32. The molecule has 57 heavy (non-hydrogen) atoms. The van der Waals surface area contributed by atoms with Crippen LogP contribution in [-0.2, 0) is 53.7 Å². The summed E-state index contributed by atoms with van der Waals surface area (Å²) in [4.78, 5) is 67.4. The first-order valence-electron chi connectivity index (χ1n) is 20.7. The SMILES string of the molecule is CCCCCCCCCCCCCC1OC(=O)C(COC(C)=O)NC(=O)C(C(C)OP2(=O)OCc3ccccc3O2)NC(=O)C(C(C)C)NC(=O)C(C)C(O)C1C. The third kappa shape index (κ3) is 15.3. The van der Waals surface area contributed by atoms with Crippen molar-refractivity contribution in [1.29, 1.82) is 0 Å². The number of hydrogen-bond acceptors (Lipinski definition) is 12. The lowest BCUT2D eigenvalue weighted by atomic mass is 9.86. The number of unbranched alkanes of at least 4 members (excludes halogenated alkanes) is 10. The minimum absolute atomic E-state index is 0.107. The van der Waals surface area contributed by atoms with E-state index in [0.717, 1.165) is 32.6 Å². The molecule has 0 bridgehead atoms. The van der Waals surface area contributed by atoms with Crippen molar-refractivity contribution in [3.8, 4) is 5.75 Å². The molecule has 1 saturated heterocycles. The molecule has 2 heterocycles. The van der Waals surface area contributed by atoms with Gasteiger partial charge in [-0.05, 0) is 31.7 Å². The Morgan fingerprint density at radius 3 is 2.05 bits per heavy atom. The zero-order valence-electron chi connectivity index (χ0n) is 34.8. The highest BCUT2D eigenvalue weighted by molar-refractivity contribution is 7.49. The Kier molecular flexibility index (Phi) is 20.0. The lowest BCUT2D eigenvalue weighted by molar-refractivity contribution is -0.162. The third-order valence-electron chi connectivity index (χ3n) is 10.6. The minimum Gasteiger partial charge on any atom is -0.463 e. The number of aliphatic hydroxyl groups is 1. The molecule has 1 fully saturated rings. The molecule has 4 N–H and O–H groups in total. The van der Waals surface area contributed by atoms with Crippen molar-refractivity contribution >= 4 is 37.5 Å². The van der Waals surface area contributed by atoms with Gasteiger partial charge in [-0.2, -0.15) is 0 Å². The van der Waals surface area contributed by atoms with Gasteiger partial charge in [-0.25, -0.2) is 9.36 Å². The number of amides is 3. The van der Waals surface area contributed by atoms with Gasteiger partial charge in [0.05, 0.1) is 24.7 Å². The van der Waals surface area contributed by atoms with Crippen LogP contribution in [0.3, 0.4) is 0 Å². The van der Waals surface area contributed by atoms with Gasteiger partial charge in [-0.1, -0.05) is 117 Å². The van der Waals surface area contributed by atoms with Gasteiger partial charge in [-0.15, -0.1) is 0 Å². The molecule has 3 amide bonds. The summed E-state index contributed by atoms with van der Waals surface area (Å²) in [6, 6.07) is 2.37. The number of fused-ring (bicyclic) bond motifs is 1. The first-order chi connectivity index (χ1) is 27.1.